The topological polar surface area (TPSA) is 52.7 Å². The molecule has 1 aromatic carbocycles. The molecule has 1 aliphatic rings. The number of nitrogens with one attached hydrogen (secondary N) is 1. The average molecular weight is 360 g/mol. The minimum absolute atomic E-state index is 0.0879. The van der Waals surface area contributed by atoms with Crippen molar-refractivity contribution in [3.63, 3.8) is 0 Å². The van der Waals surface area contributed by atoms with E-state index in [2.05, 4.69) is 31.3 Å². The second-order valence-electron chi connectivity index (χ2n) is 7.92. The molecule has 1 fully saturated rings. The Balaban J connectivity index is 1.92. The van der Waals surface area contributed by atoms with Crippen molar-refractivity contribution in [1.29, 1.82) is 0 Å². The third kappa shape index (κ3) is 5.07. The maximum Gasteiger partial charge on any atom is 0.238 e. The molecule has 2 amide bonds. The summed E-state index contributed by atoms with van der Waals surface area (Å²) in [6.07, 6.45) is 3.30. The third-order valence-corrected chi connectivity index (χ3v) is 5.24. The number of likely N-dealkylation sites (tertiary alicyclic amines) is 1. The molecule has 1 saturated heterocycles. The first-order valence-corrected chi connectivity index (χ1v) is 9.56. The Morgan fingerprint density at radius 2 is 1.62 bits per heavy atom. The minimum atomic E-state index is -0.0879. The number of benzene rings is 1. The van der Waals surface area contributed by atoms with Crippen LogP contribution in [0.3, 0.4) is 0 Å². The van der Waals surface area contributed by atoms with E-state index in [-0.39, 0.29) is 37.0 Å². The summed E-state index contributed by atoms with van der Waals surface area (Å²) in [5.74, 6) is 0.0257. The standard InChI is InChI=1S/C21H33N3O2/c1-14-10-15(2)21(16(3)11-14)22-19(25)12-23(6)13-20(26)24-17(4)8-7-9-18(24)5/h10-11,17-18H,7-9,12-13H2,1-6H3,(H,22,25)/t17-,18-/m0/s1. The molecule has 1 heterocycles. The Hall–Kier alpha value is -1.88. The molecule has 0 bridgehead atoms. The van der Waals surface area contributed by atoms with Crippen molar-refractivity contribution in [3.8, 4) is 0 Å². The summed E-state index contributed by atoms with van der Waals surface area (Å²) in [5, 5.41) is 3.00. The highest BCUT2D eigenvalue weighted by Gasteiger charge is 2.29. The lowest BCUT2D eigenvalue weighted by atomic mass is 9.97. The summed E-state index contributed by atoms with van der Waals surface area (Å²) in [7, 11) is 1.83. The molecule has 0 unspecified atom stereocenters. The summed E-state index contributed by atoms with van der Waals surface area (Å²) < 4.78 is 0. The van der Waals surface area contributed by atoms with Crippen LogP contribution in [0.2, 0.25) is 0 Å². The predicted molar refractivity (Wildman–Crippen MR) is 106 cm³/mol. The third-order valence-electron chi connectivity index (χ3n) is 5.24. The molecule has 1 aromatic rings. The van der Waals surface area contributed by atoms with Crippen molar-refractivity contribution >= 4 is 17.5 Å². The molecule has 0 aromatic heterocycles. The van der Waals surface area contributed by atoms with E-state index in [0.29, 0.717) is 0 Å². The van der Waals surface area contributed by atoms with Crippen molar-refractivity contribution in [2.75, 3.05) is 25.5 Å². The molecule has 144 valence electrons. The van der Waals surface area contributed by atoms with Crippen LogP contribution >= 0.6 is 0 Å². The highest BCUT2D eigenvalue weighted by atomic mass is 16.2. The normalized spacial score (nSPS) is 20.3. The van der Waals surface area contributed by atoms with Crippen LogP contribution in [-0.4, -0.2) is 53.8 Å². The lowest BCUT2D eigenvalue weighted by molar-refractivity contribution is -0.138. The van der Waals surface area contributed by atoms with Gasteiger partial charge < -0.3 is 10.2 Å². The average Bonchev–Trinajstić information content (AvgIpc) is 2.50. The number of hydrogen-bond acceptors (Lipinski definition) is 3. The zero-order valence-electron chi connectivity index (χ0n) is 17.1. The maximum atomic E-state index is 12.7. The highest BCUT2D eigenvalue weighted by Crippen LogP contribution is 2.23. The van der Waals surface area contributed by atoms with E-state index < -0.39 is 0 Å². The molecule has 0 aliphatic carbocycles. The molecule has 26 heavy (non-hydrogen) atoms. The van der Waals surface area contributed by atoms with Gasteiger partial charge in [-0.2, -0.15) is 0 Å². The van der Waals surface area contributed by atoms with Crippen LogP contribution in [0.15, 0.2) is 12.1 Å². The number of anilines is 1. The van der Waals surface area contributed by atoms with Crippen LogP contribution in [0, 0.1) is 20.8 Å². The Kier molecular flexibility index (Phi) is 6.81. The maximum absolute atomic E-state index is 12.7. The fraction of sp³-hybridized carbons (Fsp3) is 0.619. The van der Waals surface area contributed by atoms with Crippen molar-refractivity contribution in [3.05, 3.63) is 28.8 Å². The largest absolute Gasteiger partial charge is 0.336 e. The van der Waals surface area contributed by atoms with E-state index in [1.54, 1.807) is 4.90 Å². The summed E-state index contributed by atoms with van der Waals surface area (Å²) in [6, 6.07) is 4.70. The molecule has 0 saturated carbocycles. The number of amides is 2. The van der Waals surface area contributed by atoms with Gasteiger partial charge in [0.25, 0.3) is 0 Å². The van der Waals surface area contributed by atoms with E-state index in [1.807, 2.05) is 32.7 Å². The first-order valence-electron chi connectivity index (χ1n) is 9.56. The van der Waals surface area contributed by atoms with Crippen molar-refractivity contribution in [2.45, 2.75) is 66.0 Å². The van der Waals surface area contributed by atoms with E-state index in [1.165, 1.54) is 12.0 Å². The number of hydrogen-bond donors (Lipinski definition) is 1. The molecule has 2 rings (SSSR count). The Morgan fingerprint density at radius 3 is 2.15 bits per heavy atom. The van der Waals surface area contributed by atoms with Gasteiger partial charge in [-0.3, -0.25) is 14.5 Å². The van der Waals surface area contributed by atoms with Crippen LogP contribution in [0.1, 0.15) is 49.8 Å². The lowest BCUT2D eigenvalue weighted by Gasteiger charge is -2.39. The lowest BCUT2D eigenvalue weighted by Crippen LogP contribution is -2.51. The molecule has 1 aliphatic heterocycles. The number of rotatable bonds is 5. The fourth-order valence-electron chi connectivity index (χ4n) is 4.08. The predicted octanol–water partition coefficient (Wildman–Crippen LogP) is 3.27. The number of carbonyl (C=O) groups excluding carboxylic acids is 2. The van der Waals surface area contributed by atoms with Crippen LogP contribution in [-0.2, 0) is 9.59 Å². The first kappa shape index (κ1) is 20.4. The molecule has 5 nitrogen and oxygen atoms in total. The second kappa shape index (κ2) is 8.67. The zero-order valence-corrected chi connectivity index (χ0v) is 17.1. The van der Waals surface area contributed by atoms with E-state index in [0.717, 1.165) is 29.7 Å². The van der Waals surface area contributed by atoms with E-state index in [4.69, 9.17) is 0 Å². The molecular weight excluding hydrogens is 326 g/mol. The second-order valence-corrected chi connectivity index (χ2v) is 7.92. The Labute approximate surface area is 157 Å². The number of likely N-dealkylation sites (N-methyl/N-ethyl adjacent to an activating group) is 1. The molecular formula is C21H33N3O2. The van der Waals surface area contributed by atoms with Gasteiger partial charge in [-0.1, -0.05) is 17.7 Å². The highest BCUT2D eigenvalue weighted by molar-refractivity contribution is 5.94. The molecule has 0 spiro atoms. The van der Waals surface area contributed by atoms with Gasteiger partial charge in [0, 0.05) is 17.8 Å². The summed E-state index contributed by atoms with van der Waals surface area (Å²) in [6.45, 7) is 10.8. The Morgan fingerprint density at radius 1 is 1.08 bits per heavy atom. The van der Waals surface area contributed by atoms with Gasteiger partial charge in [0.05, 0.1) is 13.1 Å². The van der Waals surface area contributed by atoms with Crippen LogP contribution in [0.4, 0.5) is 5.69 Å². The number of piperidine rings is 1. The molecule has 1 N–H and O–H groups in total. The van der Waals surface area contributed by atoms with Gasteiger partial charge in [0.2, 0.25) is 11.8 Å². The fourth-order valence-corrected chi connectivity index (χ4v) is 4.08. The van der Waals surface area contributed by atoms with Crippen molar-refractivity contribution < 1.29 is 9.59 Å². The number of aryl methyl sites for hydroxylation is 3. The SMILES string of the molecule is Cc1cc(C)c(NC(=O)CN(C)CC(=O)N2[C@@H](C)CCC[C@@H]2C)c(C)c1. The summed E-state index contributed by atoms with van der Waals surface area (Å²) in [5.41, 5.74) is 4.18. The van der Waals surface area contributed by atoms with Crippen LogP contribution in [0.5, 0.6) is 0 Å². The smallest absolute Gasteiger partial charge is 0.238 e. The molecule has 5 heteroatoms. The molecule has 0 radical (unpaired) electrons. The van der Waals surface area contributed by atoms with Gasteiger partial charge in [0.15, 0.2) is 0 Å². The van der Waals surface area contributed by atoms with E-state index >= 15 is 0 Å². The van der Waals surface area contributed by atoms with Crippen LogP contribution < -0.4 is 5.32 Å². The quantitative estimate of drug-likeness (QED) is 0.878. The first-order chi connectivity index (χ1) is 12.2. The summed E-state index contributed by atoms with van der Waals surface area (Å²) >= 11 is 0. The van der Waals surface area contributed by atoms with Crippen molar-refractivity contribution in [1.82, 2.24) is 9.80 Å². The van der Waals surface area contributed by atoms with Gasteiger partial charge in [-0.25, -0.2) is 0 Å². The van der Waals surface area contributed by atoms with Gasteiger partial charge in [0.1, 0.15) is 0 Å². The van der Waals surface area contributed by atoms with Gasteiger partial charge in [-0.15, -0.1) is 0 Å². The van der Waals surface area contributed by atoms with Gasteiger partial charge in [-0.05, 0) is 72.1 Å². The van der Waals surface area contributed by atoms with E-state index in [9.17, 15) is 9.59 Å². The molecule has 2 atom stereocenters. The minimum Gasteiger partial charge on any atom is -0.336 e. The van der Waals surface area contributed by atoms with Crippen molar-refractivity contribution in [2.24, 2.45) is 0 Å². The van der Waals surface area contributed by atoms with Gasteiger partial charge >= 0.3 is 0 Å². The van der Waals surface area contributed by atoms with Crippen LogP contribution in [0.25, 0.3) is 0 Å². The number of nitrogens with zero attached hydrogens (tertiary/aromatic N) is 2. The number of carbonyl (C=O) groups is 2. The Bertz CT molecular complexity index is 638. The monoisotopic (exact) mass is 359 g/mol. The summed E-state index contributed by atoms with van der Waals surface area (Å²) in [4.78, 5) is 28.9. The zero-order chi connectivity index (χ0) is 19.4.